The highest BCUT2D eigenvalue weighted by atomic mass is 32.2. The molecule has 0 saturated heterocycles. The molecular formula is C20H18F3N3O4S. The van der Waals surface area contributed by atoms with Gasteiger partial charge in [0, 0.05) is 11.9 Å². The lowest BCUT2D eigenvalue weighted by molar-refractivity contribution is -0.0328. The highest BCUT2D eigenvalue weighted by molar-refractivity contribution is 8.00. The van der Waals surface area contributed by atoms with Crippen molar-refractivity contribution in [1.82, 2.24) is 14.5 Å². The number of benzene rings is 1. The fourth-order valence-corrected chi connectivity index (χ4v) is 3.70. The number of hydrogen-bond acceptors (Lipinski definition) is 6. The second kappa shape index (κ2) is 8.58. The summed E-state index contributed by atoms with van der Waals surface area (Å²) in [6.07, 6.45) is 0.349. The van der Waals surface area contributed by atoms with E-state index in [9.17, 15) is 27.9 Å². The third-order valence-corrected chi connectivity index (χ3v) is 5.20. The van der Waals surface area contributed by atoms with E-state index in [2.05, 4.69) is 9.97 Å². The SMILES string of the molecule is CCOC(=O)c1nc(-c2nc3cc(SC(F)(F)F)ccc3n2C)c(C(=O)O)cc1CC. The molecule has 3 aromatic rings. The van der Waals surface area contributed by atoms with E-state index in [1.165, 1.54) is 28.8 Å². The molecule has 3 rings (SSSR count). The summed E-state index contributed by atoms with van der Waals surface area (Å²) < 4.78 is 44.7. The average Bonchev–Trinajstić information content (AvgIpc) is 3.01. The first-order valence-corrected chi connectivity index (χ1v) is 10.0. The number of rotatable bonds is 6. The van der Waals surface area contributed by atoms with Crippen LogP contribution in [0.2, 0.25) is 0 Å². The number of esters is 1. The number of carbonyl (C=O) groups excluding carboxylic acids is 1. The highest BCUT2D eigenvalue weighted by Crippen LogP contribution is 2.38. The minimum Gasteiger partial charge on any atom is -0.478 e. The Morgan fingerprint density at radius 1 is 1.19 bits per heavy atom. The van der Waals surface area contributed by atoms with Crippen LogP contribution in [0.3, 0.4) is 0 Å². The van der Waals surface area contributed by atoms with Gasteiger partial charge in [0.1, 0.15) is 5.69 Å². The number of pyridine rings is 1. The maximum atomic E-state index is 12.7. The van der Waals surface area contributed by atoms with Crippen LogP contribution in [0, 0.1) is 0 Å². The van der Waals surface area contributed by atoms with Crippen molar-refractivity contribution >= 4 is 34.7 Å². The van der Waals surface area contributed by atoms with Crippen LogP contribution >= 0.6 is 11.8 Å². The number of alkyl halides is 3. The van der Waals surface area contributed by atoms with E-state index < -0.39 is 17.4 Å². The normalized spacial score (nSPS) is 11.7. The van der Waals surface area contributed by atoms with Crippen molar-refractivity contribution < 1.29 is 32.6 Å². The molecule has 0 saturated carbocycles. The Labute approximate surface area is 179 Å². The molecule has 0 unspecified atom stereocenters. The molecule has 2 aromatic heterocycles. The molecule has 0 radical (unpaired) electrons. The molecule has 1 N–H and O–H groups in total. The monoisotopic (exact) mass is 453 g/mol. The van der Waals surface area contributed by atoms with Gasteiger partial charge in [0.15, 0.2) is 11.5 Å². The fourth-order valence-electron chi connectivity index (χ4n) is 3.12. The van der Waals surface area contributed by atoms with E-state index in [4.69, 9.17) is 4.74 Å². The van der Waals surface area contributed by atoms with Crippen molar-refractivity contribution in [3.05, 3.63) is 41.1 Å². The van der Waals surface area contributed by atoms with E-state index in [0.717, 1.165) is 0 Å². The summed E-state index contributed by atoms with van der Waals surface area (Å²) in [6.45, 7) is 3.50. The first-order chi connectivity index (χ1) is 14.6. The quantitative estimate of drug-likeness (QED) is 0.428. The summed E-state index contributed by atoms with van der Waals surface area (Å²) in [5.41, 5.74) is -3.59. The Balaban J connectivity index is 2.22. The number of nitrogens with zero attached hydrogens (tertiary/aromatic N) is 3. The summed E-state index contributed by atoms with van der Waals surface area (Å²) in [4.78, 5) is 32.8. The van der Waals surface area contributed by atoms with Crippen molar-refractivity contribution in [2.75, 3.05) is 6.61 Å². The summed E-state index contributed by atoms with van der Waals surface area (Å²) in [5.74, 6) is -1.86. The number of carboxylic acid groups (broad SMARTS) is 1. The molecule has 0 bridgehead atoms. The molecule has 7 nitrogen and oxygen atoms in total. The summed E-state index contributed by atoms with van der Waals surface area (Å²) >= 11 is -0.269. The van der Waals surface area contributed by atoms with Crippen LogP contribution in [0.15, 0.2) is 29.2 Å². The van der Waals surface area contributed by atoms with Gasteiger partial charge in [0.2, 0.25) is 0 Å². The lowest BCUT2D eigenvalue weighted by Gasteiger charge is -2.12. The maximum absolute atomic E-state index is 12.7. The van der Waals surface area contributed by atoms with Gasteiger partial charge in [0.25, 0.3) is 0 Å². The van der Waals surface area contributed by atoms with Gasteiger partial charge in [0.05, 0.1) is 23.2 Å². The molecule has 2 heterocycles. The van der Waals surface area contributed by atoms with Gasteiger partial charge in [-0.2, -0.15) is 13.2 Å². The minimum absolute atomic E-state index is 0.0234. The number of imidazole rings is 1. The zero-order chi connectivity index (χ0) is 22.9. The van der Waals surface area contributed by atoms with Gasteiger partial charge in [-0.05, 0) is 54.9 Å². The molecule has 0 spiro atoms. The molecule has 0 fully saturated rings. The van der Waals surface area contributed by atoms with Gasteiger partial charge in [-0.25, -0.2) is 19.6 Å². The van der Waals surface area contributed by atoms with Crippen LogP contribution in [0.5, 0.6) is 0 Å². The Kier molecular flexibility index (Phi) is 6.25. The third-order valence-electron chi connectivity index (χ3n) is 4.48. The van der Waals surface area contributed by atoms with Crippen LogP contribution in [-0.2, 0) is 18.2 Å². The first-order valence-electron chi connectivity index (χ1n) is 9.22. The molecular weight excluding hydrogens is 435 g/mol. The van der Waals surface area contributed by atoms with Gasteiger partial charge in [-0.3, -0.25) is 0 Å². The Bertz CT molecular complexity index is 1170. The molecule has 1 aromatic carbocycles. The van der Waals surface area contributed by atoms with E-state index in [0.29, 0.717) is 17.5 Å². The number of thioether (sulfide) groups is 1. The highest BCUT2D eigenvalue weighted by Gasteiger charge is 2.30. The average molecular weight is 453 g/mol. The van der Waals surface area contributed by atoms with Crippen molar-refractivity contribution in [3.8, 4) is 11.5 Å². The van der Waals surface area contributed by atoms with Gasteiger partial charge >= 0.3 is 17.4 Å². The number of fused-ring (bicyclic) bond motifs is 1. The van der Waals surface area contributed by atoms with Crippen molar-refractivity contribution in [1.29, 1.82) is 0 Å². The molecule has 164 valence electrons. The number of ether oxygens (including phenoxy) is 1. The number of halogens is 3. The Hall–Kier alpha value is -3.08. The zero-order valence-corrected chi connectivity index (χ0v) is 17.6. The summed E-state index contributed by atoms with van der Waals surface area (Å²) in [7, 11) is 1.59. The number of aryl methyl sites for hydroxylation is 2. The molecule has 0 aliphatic heterocycles. The smallest absolute Gasteiger partial charge is 0.446 e. The van der Waals surface area contributed by atoms with E-state index in [-0.39, 0.29) is 51.6 Å². The number of carbonyl (C=O) groups is 2. The van der Waals surface area contributed by atoms with E-state index >= 15 is 0 Å². The summed E-state index contributed by atoms with van der Waals surface area (Å²) in [6, 6.07) is 5.39. The number of aromatic nitrogens is 3. The topological polar surface area (TPSA) is 94.3 Å². The number of aromatic carboxylic acids is 1. The molecule has 31 heavy (non-hydrogen) atoms. The standard InChI is InChI=1S/C20H18F3N3O4S/c1-4-10-8-12(18(27)28)16(25-15(10)19(29)30-5-2)17-24-13-9-11(31-20(21,22)23)6-7-14(13)26(17)3/h6-9H,4-5H2,1-3H3,(H,27,28). The fraction of sp³-hybridized carbons (Fsp3) is 0.300. The lowest BCUT2D eigenvalue weighted by atomic mass is 10.0. The third kappa shape index (κ3) is 4.66. The largest absolute Gasteiger partial charge is 0.478 e. The van der Waals surface area contributed by atoms with Crippen LogP contribution in [0.1, 0.15) is 40.3 Å². The van der Waals surface area contributed by atoms with Crippen molar-refractivity contribution in [3.63, 3.8) is 0 Å². The van der Waals surface area contributed by atoms with E-state index in [1.807, 2.05) is 0 Å². The van der Waals surface area contributed by atoms with Crippen LogP contribution in [0.25, 0.3) is 22.6 Å². The number of hydrogen-bond donors (Lipinski definition) is 1. The molecule has 0 aliphatic carbocycles. The maximum Gasteiger partial charge on any atom is 0.446 e. The molecule has 0 atom stereocenters. The van der Waals surface area contributed by atoms with Gasteiger partial charge in [-0.1, -0.05) is 6.92 Å². The minimum atomic E-state index is -4.45. The first kappa shape index (κ1) is 22.6. The van der Waals surface area contributed by atoms with Crippen molar-refractivity contribution in [2.24, 2.45) is 7.05 Å². The predicted octanol–water partition coefficient (Wildman–Crippen LogP) is 4.68. The van der Waals surface area contributed by atoms with Crippen LogP contribution in [-0.4, -0.2) is 43.7 Å². The Morgan fingerprint density at radius 3 is 2.48 bits per heavy atom. The predicted molar refractivity (Wildman–Crippen MR) is 108 cm³/mol. The van der Waals surface area contributed by atoms with Crippen molar-refractivity contribution in [2.45, 2.75) is 30.7 Å². The second-order valence-electron chi connectivity index (χ2n) is 6.46. The molecule has 0 aliphatic rings. The zero-order valence-electron chi connectivity index (χ0n) is 16.8. The molecule has 0 amide bonds. The van der Waals surface area contributed by atoms with Crippen LogP contribution < -0.4 is 0 Å². The Morgan fingerprint density at radius 2 is 1.90 bits per heavy atom. The van der Waals surface area contributed by atoms with E-state index in [1.54, 1.807) is 20.9 Å². The van der Waals surface area contributed by atoms with Gasteiger partial charge < -0.3 is 14.4 Å². The summed E-state index contributed by atoms with van der Waals surface area (Å²) in [5, 5.41) is 9.70. The second-order valence-corrected chi connectivity index (χ2v) is 7.60. The lowest BCUT2D eigenvalue weighted by Crippen LogP contribution is -2.15. The van der Waals surface area contributed by atoms with Crippen LogP contribution in [0.4, 0.5) is 13.2 Å². The van der Waals surface area contributed by atoms with Gasteiger partial charge in [-0.15, -0.1) is 0 Å². The number of carboxylic acids is 1. The molecule has 11 heteroatoms.